The summed E-state index contributed by atoms with van der Waals surface area (Å²) < 4.78 is 11.6. The summed E-state index contributed by atoms with van der Waals surface area (Å²) in [4.78, 5) is 0. The third-order valence-electron chi connectivity index (χ3n) is 3.34. The van der Waals surface area contributed by atoms with Gasteiger partial charge in [0.15, 0.2) is 0 Å². The van der Waals surface area contributed by atoms with Crippen molar-refractivity contribution in [3.63, 3.8) is 0 Å². The van der Waals surface area contributed by atoms with Gasteiger partial charge in [0.05, 0.1) is 18.8 Å². The predicted molar refractivity (Wildman–Crippen MR) is 66.8 cm³/mol. The standard InChI is InChI=1S/C13H27NO2/c1-4-7-12(14-3)13(5-2)16-10-11-8-6-9-15-11/h11-14H,4-10H2,1-3H3. The first-order chi connectivity index (χ1) is 7.81. The number of nitrogens with one attached hydrogen (secondary N) is 1. The molecule has 0 aromatic carbocycles. The van der Waals surface area contributed by atoms with Gasteiger partial charge in [-0.15, -0.1) is 0 Å². The van der Waals surface area contributed by atoms with E-state index in [0.29, 0.717) is 18.2 Å². The van der Waals surface area contributed by atoms with Gasteiger partial charge in [-0.1, -0.05) is 20.3 Å². The Hall–Kier alpha value is -0.120. The molecule has 0 amide bonds. The minimum Gasteiger partial charge on any atom is -0.376 e. The van der Waals surface area contributed by atoms with Gasteiger partial charge in [0, 0.05) is 12.6 Å². The van der Waals surface area contributed by atoms with Gasteiger partial charge in [-0.3, -0.25) is 0 Å². The fourth-order valence-electron chi connectivity index (χ4n) is 2.35. The lowest BCUT2D eigenvalue weighted by Gasteiger charge is -2.27. The molecule has 1 saturated heterocycles. The lowest BCUT2D eigenvalue weighted by Crippen LogP contribution is -2.40. The minimum atomic E-state index is 0.328. The SMILES string of the molecule is CCCC(NC)C(CC)OCC1CCCO1. The molecule has 0 aromatic rings. The summed E-state index contributed by atoms with van der Waals surface area (Å²) >= 11 is 0. The van der Waals surface area contributed by atoms with Crippen molar-refractivity contribution >= 4 is 0 Å². The molecule has 1 heterocycles. The highest BCUT2D eigenvalue weighted by molar-refractivity contribution is 4.75. The van der Waals surface area contributed by atoms with Crippen LogP contribution < -0.4 is 5.32 Å². The van der Waals surface area contributed by atoms with Crippen LogP contribution in [0.1, 0.15) is 46.0 Å². The van der Waals surface area contributed by atoms with Gasteiger partial charge in [-0.2, -0.15) is 0 Å². The Labute approximate surface area is 99.9 Å². The molecule has 3 nitrogen and oxygen atoms in total. The molecule has 0 bridgehead atoms. The monoisotopic (exact) mass is 229 g/mol. The van der Waals surface area contributed by atoms with Crippen LogP contribution in [0, 0.1) is 0 Å². The zero-order chi connectivity index (χ0) is 11.8. The molecular weight excluding hydrogens is 202 g/mol. The van der Waals surface area contributed by atoms with Crippen LogP contribution in [0.3, 0.4) is 0 Å². The highest BCUT2D eigenvalue weighted by Crippen LogP contribution is 2.15. The quantitative estimate of drug-likeness (QED) is 0.693. The van der Waals surface area contributed by atoms with E-state index < -0.39 is 0 Å². The lowest BCUT2D eigenvalue weighted by atomic mass is 10.0. The van der Waals surface area contributed by atoms with Crippen LogP contribution in [0.25, 0.3) is 0 Å². The molecule has 3 unspecified atom stereocenters. The van der Waals surface area contributed by atoms with Gasteiger partial charge in [0.25, 0.3) is 0 Å². The average molecular weight is 229 g/mol. The summed E-state index contributed by atoms with van der Waals surface area (Å²) in [7, 11) is 2.03. The number of likely N-dealkylation sites (N-methyl/N-ethyl adjacent to an activating group) is 1. The van der Waals surface area contributed by atoms with Crippen LogP contribution in [0.2, 0.25) is 0 Å². The summed E-state index contributed by atoms with van der Waals surface area (Å²) in [6.07, 6.45) is 6.47. The second-order valence-electron chi connectivity index (χ2n) is 4.60. The van der Waals surface area contributed by atoms with E-state index in [-0.39, 0.29) is 0 Å². The van der Waals surface area contributed by atoms with Crippen LogP contribution in [0.4, 0.5) is 0 Å². The molecule has 0 saturated carbocycles. The summed E-state index contributed by atoms with van der Waals surface area (Å²) in [5, 5.41) is 3.36. The Kier molecular flexibility index (Phi) is 7.01. The van der Waals surface area contributed by atoms with E-state index in [1.807, 2.05) is 7.05 Å². The molecule has 1 aliphatic heterocycles. The summed E-state index contributed by atoms with van der Waals surface area (Å²) in [5.74, 6) is 0. The zero-order valence-electron chi connectivity index (χ0n) is 11.0. The second-order valence-corrected chi connectivity index (χ2v) is 4.60. The fourth-order valence-corrected chi connectivity index (χ4v) is 2.35. The summed E-state index contributed by atoms with van der Waals surface area (Å²) in [6.45, 7) is 6.09. The van der Waals surface area contributed by atoms with Gasteiger partial charge in [-0.25, -0.2) is 0 Å². The Balaban J connectivity index is 2.28. The molecule has 0 spiro atoms. The first kappa shape index (κ1) is 13.9. The Bertz CT molecular complexity index is 169. The minimum absolute atomic E-state index is 0.328. The van der Waals surface area contributed by atoms with Gasteiger partial charge in [-0.05, 0) is 32.7 Å². The van der Waals surface area contributed by atoms with Crippen molar-refractivity contribution in [3.05, 3.63) is 0 Å². The van der Waals surface area contributed by atoms with E-state index in [1.165, 1.54) is 19.3 Å². The van der Waals surface area contributed by atoms with E-state index >= 15 is 0 Å². The first-order valence-electron chi connectivity index (χ1n) is 6.72. The van der Waals surface area contributed by atoms with Crippen molar-refractivity contribution in [1.29, 1.82) is 0 Å². The summed E-state index contributed by atoms with van der Waals surface area (Å²) in [6, 6.07) is 0.483. The largest absolute Gasteiger partial charge is 0.376 e. The molecule has 3 atom stereocenters. The van der Waals surface area contributed by atoms with Crippen molar-refractivity contribution in [2.45, 2.75) is 64.2 Å². The third kappa shape index (κ3) is 4.40. The smallest absolute Gasteiger partial charge is 0.0809 e. The molecule has 16 heavy (non-hydrogen) atoms. The first-order valence-corrected chi connectivity index (χ1v) is 6.72. The highest BCUT2D eigenvalue weighted by atomic mass is 16.5. The van der Waals surface area contributed by atoms with Crippen LogP contribution in [-0.4, -0.2) is 38.5 Å². The lowest BCUT2D eigenvalue weighted by molar-refractivity contribution is -0.0352. The van der Waals surface area contributed by atoms with Crippen molar-refractivity contribution in [1.82, 2.24) is 5.32 Å². The van der Waals surface area contributed by atoms with Crippen molar-refractivity contribution < 1.29 is 9.47 Å². The Morgan fingerprint density at radius 3 is 2.75 bits per heavy atom. The van der Waals surface area contributed by atoms with Crippen LogP contribution in [0.15, 0.2) is 0 Å². The third-order valence-corrected chi connectivity index (χ3v) is 3.34. The fraction of sp³-hybridized carbons (Fsp3) is 1.00. The molecule has 1 rings (SSSR count). The van der Waals surface area contributed by atoms with E-state index in [4.69, 9.17) is 9.47 Å². The van der Waals surface area contributed by atoms with Gasteiger partial charge in [0.1, 0.15) is 0 Å². The molecule has 1 fully saturated rings. The van der Waals surface area contributed by atoms with Crippen LogP contribution in [-0.2, 0) is 9.47 Å². The van der Waals surface area contributed by atoms with E-state index in [0.717, 1.165) is 26.1 Å². The average Bonchev–Trinajstić information content (AvgIpc) is 2.81. The number of ether oxygens (including phenoxy) is 2. The van der Waals surface area contributed by atoms with Crippen molar-refractivity contribution in [2.24, 2.45) is 0 Å². The van der Waals surface area contributed by atoms with Gasteiger partial charge in [0.2, 0.25) is 0 Å². The van der Waals surface area contributed by atoms with E-state index in [9.17, 15) is 0 Å². The maximum absolute atomic E-state index is 5.99. The Morgan fingerprint density at radius 2 is 2.25 bits per heavy atom. The predicted octanol–water partition coefficient (Wildman–Crippen LogP) is 2.35. The van der Waals surface area contributed by atoms with Crippen molar-refractivity contribution in [2.75, 3.05) is 20.3 Å². The number of hydrogen-bond acceptors (Lipinski definition) is 3. The maximum atomic E-state index is 5.99. The summed E-state index contributed by atoms with van der Waals surface area (Å²) in [5.41, 5.74) is 0. The number of rotatable bonds is 8. The van der Waals surface area contributed by atoms with E-state index in [1.54, 1.807) is 0 Å². The molecule has 0 radical (unpaired) electrons. The van der Waals surface area contributed by atoms with Gasteiger partial charge < -0.3 is 14.8 Å². The highest BCUT2D eigenvalue weighted by Gasteiger charge is 2.21. The molecule has 1 N–H and O–H groups in total. The molecule has 3 heteroatoms. The zero-order valence-corrected chi connectivity index (χ0v) is 11.0. The molecule has 1 aliphatic rings. The molecule has 0 aliphatic carbocycles. The Morgan fingerprint density at radius 1 is 1.44 bits per heavy atom. The van der Waals surface area contributed by atoms with Crippen molar-refractivity contribution in [3.8, 4) is 0 Å². The topological polar surface area (TPSA) is 30.5 Å². The second kappa shape index (κ2) is 8.04. The van der Waals surface area contributed by atoms with Crippen LogP contribution >= 0.6 is 0 Å². The van der Waals surface area contributed by atoms with Gasteiger partial charge >= 0.3 is 0 Å². The van der Waals surface area contributed by atoms with E-state index in [2.05, 4.69) is 19.2 Å². The molecule has 96 valence electrons. The number of hydrogen-bond donors (Lipinski definition) is 1. The van der Waals surface area contributed by atoms with Crippen LogP contribution in [0.5, 0.6) is 0 Å². The normalized spacial score (nSPS) is 24.6. The molecular formula is C13H27NO2. The maximum Gasteiger partial charge on any atom is 0.0809 e. The molecule has 0 aromatic heterocycles.